The Morgan fingerprint density at radius 1 is 0.871 bits per heavy atom. The van der Waals surface area contributed by atoms with Crippen molar-refractivity contribution < 1.29 is 14.3 Å². The maximum Gasteiger partial charge on any atom is 0.240 e. The summed E-state index contributed by atoms with van der Waals surface area (Å²) in [7, 11) is 0. The van der Waals surface area contributed by atoms with Gasteiger partial charge in [0.15, 0.2) is 0 Å². The van der Waals surface area contributed by atoms with Gasteiger partial charge in [-0.1, -0.05) is 42.5 Å². The molecule has 5 heteroatoms. The largest absolute Gasteiger partial charge is 0.494 e. The molecule has 0 heterocycles. The highest BCUT2D eigenvalue weighted by Crippen LogP contribution is 2.14. The lowest BCUT2D eigenvalue weighted by molar-refractivity contribution is -0.121. The Kier molecular flexibility index (Phi) is 8.68. The maximum atomic E-state index is 12.0. The molecule has 3 rings (SSSR count). The maximum absolute atomic E-state index is 12.0. The van der Waals surface area contributed by atoms with Gasteiger partial charge in [0.1, 0.15) is 18.1 Å². The smallest absolute Gasteiger partial charge is 0.240 e. The molecule has 0 bridgehead atoms. The predicted octanol–water partition coefficient (Wildman–Crippen LogP) is 5.14. The lowest BCUT2D eigenvalue weighted by Gasteiger charge is -2.06. The van der Waals surface area contributed by atoms with Crippen LogP contribution in [0.4, 0.5) is 0 Å². The second-order valence-corrected chi connectivity index (χ2v) is 7.07. The number of nitrogens with zero attached hydrogens (tertiary/aromatic N) is 1. The van der Waals surface area contributed by atoms with Gasteiger partial charge < -0.3 is 9.47 Å². The molecule has 0 aliphatic carbocycles. The summed E-state index contributed by atoms with van der Waals surface area (Å²) in [5.74, 6) is 1.57. The lowest BCUT2D eigenvalue weighted by atomic mass is 10.1. The number of aryl methyl sites for hydroxylation is 1. The van der Waals surface area contributed by atoms with Crippen molar-refractivity contribution in [3.05, 3.63) is 95.6 Å². The number of carbonyl (C=O) groups excluding carboxylic acids is 1. The van der Waals surface area contributed by atoms with Gasteiger partial charge in [0, 0.05) is 6.42 Å². The van der Waals surface area contributed by atoms with Gasteiger partial charge in [-0.05, 0) is 72.9 Å². The number of hydrogen-bond acceptors (Lipinski definition) is 4. The van der Waals surface area contributed by atoms with Crippen LogP contribution in [-0.2, 0) is 17.8 Å². The summed E-state index contributed by atoms with van der Waals surface area (Å²) in [5, 5.41) is 4.04. The summed E-state index contributed by atoms with van der Waals surface area (Å²) in [5.41, 5.74) is 5.79. The first-order chi connectivity index (χ1) is 15.2. The summed E-state index contributed by atoms with van der Waals surface area (Å²) in [4.78, 5) is 12.0. The predicted molar refractivity (Wildman–Crippen MR) is 124 cm³/mol. The fraction of sp³-hybridized carbons (Fsp3) is 0.231. The molecule has 31 heavy (non-hydrogen) atoms. The van der Waals surface area contributed by atoms with Crippen LogP contribution in [0.5, 0.6) is 11.5 Å². The van der Waals surface area contributed by atoms with Crippen molar-refractivity contribution in [1.82, 2.24) is 5.43 Å². The molecule has 3 aromatic carbocycles. The topological polar surface area (TPSA) is 59.9 Å². The number of rotatable bonds is 11. The molecule has 0 aliphatic heterocycles. The molecule has 5 nitrogen and oxygen atoms in total. The molecule has 1 N–H and O–H groups in total. The standard InChI is InChI=1S/C26H28N2O3/c1-2-30-24-15-11-21(12-16-24)9-6-10-26(29)28-27-19-22-13-17-25(18-14-22)31-20-23-7-4-3-5-8-23/h3-5,7-8,11-19H,2,6,9-10,20H2,1H3,(H,28,29)/b27-19-. The summed E-state index contributed by atoms with van der Waals surface area (Å²) < 4.78 is 11.2. The summed E-state index contributed by atoms with van der Waals surface area (Å²) >= 11 is 0. The molecule has 0 spiro atoms. The first-order valence-corrected chi connectivity index (χ1v) is 10.5. The molecule has 0 saturated carbocycles. The van der Waals surface area contributed by atoms with E-state index in [1.54, 1.807) is 6.21 Å². The second kappa shape index (κ2) is 12.2. The van der Waals surface area contributed by atoms with E-state index in [0.717, 1.165) is 35.5 Å². The van der Waals surface area contributed by atoms with Crippen molar-refractivity contribution >= 4 is 12.1 Å². The number of nitrogens with one attached hydrogen (secondary N) is 1. The van der Waals surface area contributed by atoms with Crippen LogP contribution >= 0.6 is 0 Å². The highest BCUT2D eigenvalue weighted by Gasteiger charge is 2.01. The lowest BCUT2D eigenvalue weighted by Crippen LogP contribution is -2.17. The van der Waals surface area contributed by atoms with Crippen LogP contribution in [0, 0.1) is 0 Å². The van der Waals surface area contributed by atoms with E-state index in [2.05, 4.69) is 10.5 Å². The van der Waals surface area contributed by atoms with E-state index in [1.807, 2.05) is 85.8 Å². The zero-order chi connectivity index (χ0) is 21.7. The minimum absolute atomic E-state index is 0.0926. The van der Waals surface area contributed by atoms with E-state index in [0.29, 0.717) is 19.6 Å². The fourth-order valence-electron chi connectivity index (χ4n) is 3.00. The van der Waals surface area contributed by atoms with Crippen LogP contribution in [-0.4, -0.2) is 18.7 Å². The third kappa shape index (κ3) is 7.97. The molecule has 3 aromatic rings. The van der Waals surface area contributed by atoms with Gasteiger partial charge in [0.05, 0.1) is 12.8 Å². The van der Waals surface area contributed by atoms with Gasteiger partial charge in [0.2, 0.25) is 5.91 Å². The van der Waals surface area contributed by atoms with Gasteiger partial charge in [-0.15, -0.1) is 0 Å². The number of amides is 1. The Bertz CT molecular complexity index is 952. The molecule has 0 aromatic heterocycles. The van der Waals surface area contributed by atoms with E-state index in [4.69, 9.17) is 9.47 Å². The molecule has 0 fully saturated rings. The van der Waals surface area contributed by atoms with E-state index in [9.17, 15) is 4.79 Å². The zero-order valence-corrected chi connectivity index (χ0v) is 17.8. The van der Waals surface area contributed by atoms with Crippen LogP contribution in [0.2, 0.25) is 0 Å². The number of hydrazone groups is 1. The monoisotopic (exact) mass is 416 g/mol. The first-order valence-electron chi connectivity index (χ1n) is 10.5. The van der Waals surface area contributed by atoms with E-state index < -0.39 is 0 Å². The summed E-state index contributed by atoms with van der Waals surface area (Å²) in [6.45, 7) is 3.15. The van der Waals surface area contributed by atoms with Gasteiger partial charge in [-0.25, -0.2) is 5.43 Å². The van der Waals surface area contributed by atoms with Crippen molar-refractivity contribution in [1.29, 1.82) is 0 Å². The average Bonchev–Trinajstić information content (AvgIpc) is 2.81. The minimum atomic E-state index is -0.0926. The molecule has 0 atom stereocenters. The SMILES string of the molecule is CCOc1ccc(CCCC(=O)N/N=C\c2ccc(OCc3ccccc3)cc2)cc1. The Hall–Kier alpha value is -3.60. The van der Waals surface area contributed by atoms with Crippen LogP contribution in [0.15, 0.2) is 84.0 Å². The number of ether oxygens (including phenoxy) is 2. The van der Waals surface area contributed by atoms with Crippen LogP contribution in [0.3, 0.4) is 0 Å². The third-order valence-corrected chi connectivity index (χ3v) is 4.63. The second-order valence-electron chi connectivity index (χ2n) is 7.07. The highest BCUT2D eigenvalue weighted by molar-refractivity contribution is 5.82. The Labute approximate surface area is 183 Å². The van der Waals surface area contributed by atoms with Crippen LogP contribution in [0.25, 0.3) is 0 Å². The molecule has 0 aliphatic rings. The van der Waals surface area contributed by atoms with Crippen LogP contribution < -0.4 is 14.9 Å². The van der Waals surface area contributed by atoms with E-state index in [1.165, 1.54) is 5.56 Å². The van der Waals surface area contributed by atoms with Crippen molar-refractivity contribution in [2.24, 2.45) is 5.10 Å². The molecule has 0 radical (unpaired) electrons. The molecule has 0 saturated heterocycles. The Balaban J connectivity index is 1.35. The quantitative estimate of drug-likeness (QED) is 0.348. The number of benzene rings is 3. The van der Waals surface area contributed by atoms with Gasteiger partial charge >= 0.3 is 0 Å². The third-order valence-electron chi connectivity index (χ3n) is 4.63. The fourth-order valence-corrected chi connectivity index (χ4v) is 3.00. The molecule has 0 unspecified atom stereocenters. The number of hydrogen-bond donors (Lipinski definition) is 1. The summed E-state index contributed by atoms with van der Waals surface area (Å²) in [6, 6.07) is 25.6. The molecule has 1 amide bonds. The Morgan fingerprint density at radius 3 is 2.26 bits per heavy atom. The Morgan fingerprint density at radius 2 is 1.55 bits per heavy atom. The van der Waals surface area contributed by atoms with E-state index in [-0.39, 0.29) is 5.91 Å². The number of carbonyl (C=O) groups is 1. The van der Waals surface area contributed by atoms with Crippen molar-refractivity contribution in [2.75, 3.05) is 6.61 Å². The molecular weight excluding hydrogens is 388 g/mol. The van der Waals surface area contributed by atoms with Crippen molar-refractivity contribution in [2.45, 2.75) is 32.8 Å². The average molecular weight is 417 g/mol. The van der Waals surface area contributed by atoms with E-state index >= 15 is 0 Å². The van der Waals surface area contributed by atoms with Crippen molar-refractivity contribution in [3.63, 3.8) is 0 Å². The van der Waals surface area contributed by atoms with Crippen LogP contribution in [0.1, 0.15) is 36.5 Å². The first kappa shape index (κ1) is 22.1. The summed E-state index contributed by atoms with van der Waals surface area (Å²) in [6.07, 6.45) is 3.67. The van der Waals surface area contributed by atoms with Crippen molar-refractivity contribution in [3.8, 4) is 11.5 Å². The molecular formula is C26H28N2O3. The minimum Gasteiger partial charge on any atom is -0.494 e. The van der Waals surface area contributed by atoms with Gasteiger partial charge in [0.25, 0.3) is 0 Å². The normalized spacial score (nSPS) is 10.7. The highest BCUT2D eigenvalue weighted by atomic mass is 16.5. The zero-order valence-electron chi connectivity index (χ0n) is 17.8. The van der Waals surface area contributed by atoms with Gasteiger partial charge in [-0.3, -0.25) is 4.79 Å². The van der Waals surface area contributed by atoms with Gasteiger partial charge in [-0.2, -0.15) is 5.10 Å². The molecule has 160 valence electrons.